The number of hydrogen-bond acceptors (Lipinski definition) is 2. The molecule has 2 atom stereocenters. The van der Waals surface area contributed by atoms with E-state index in [0.717, 1.165) is 12.1 Å². The molecule has 12 heavy (non-hydrogen) atoms. The zero-order chi connectivity index (χ0) is 8.97. The van der Waals surface area contributed by atoms with Gasteiger partial charge in [0.15, 0.2) is 0 Å². The van der Waals surface area contributed by atoms with Crippen LogP contribution in [0.4, 0.5) is 0 Å². The summed E-state index contributed by atoms with van der Waals surface area (Å²) < 4.78 is 0. The van der Waals surface area contributed by atoms with Crippen molar-refractivity contribution in [3.05, 3.63) is 0 Å². The van der Waals surface area contributed by atoms with Crippen LogP contribution in [0.15, 0.2) is 0 Å². The molecule has 1 saturated heterocycles. The van der Waals surface area contributed by atoms with Crippen molar-refractivity contribution in [1.82, 2.24) is 10.2 Å². The largest absolute Gasteiger partial charge is 0.316 e. The third kappa shape index (κ3) is 2.20. The van der Waals surface area contributed by atoms with Gasteiger partial charge in [-0.3, -0.25) is 4.90 Å². The lowest BCUT2D eigenvalue weighted by Crippen LogP contribution is -2.32. The summed E-state index contributed by atoms with van der Waals surface area (Å²) in [6, 6.07) is 1.57. The summed E-state index contributed by atoms with van der Waals surface area (Å²) >= 11 is 0. The second kappa shape index (κ2) is 4.83. The third-order valence-electron chi connectivity index (χ3n) is 2.92. The lowest BCUT2D eigenvalue weighted by molar-refractivity contribution is 0.247. The Bertz CT molecular complexity index is 125. The summed E-state index contributed by atoms with van der Waals surface area (Å²) in [5.41, 5.74) is 0. The van der Waals surface area contributed by atoms with E-state index in [-0.39, 0.29) is 0 Å². The van der Waals surface area contributed by atoms with Crippen LogP contribution in [0.2, 0.25) is 0 Å². The van der Waals surface area contributed by atoms with E-state index in [1.54, 1.807) is 0 Å². The Kier molecular flexibility index (Phi) is 4.02. The molecule has 0 bridgehead atoms. The molecule has 1 rings (SSSR count). The number of hydrogen-bond donors (Lipinski definition) is 1. The zero-order valence-corrected chi connectivity index (χ0v) is 8.64. The highest BCUT2D eigenvalue weighted by atomic mass is 15.2. The first-order valence-corrected chi connectivity index (χ1v) is 5.23. The van der Waals surface area contributed by atoms with Crippen LogP contribution in [0.5, 0.6) is 0 Å². The van der Waals surface area contributed by atoms with E-state index < -0.39 is 0 Å². The van der Waals surface area contributed by atoms with Crippen molar-refractivity contribution < 1.29 is 0 Å². The second-order valence-electron chi connectivity index (χ2n) is 3.78. The van der Waals surface area contributed by atoms with Crippen molar-refractivity contribution >= 4 is 0 Å². The molecule has 0 radical (unpaired) electrons. The third-order valence-corrected chi connectivity index (χ3v) is 2.92. The molecule has 1 heterocycles. The van der Waals surface area contributed by atoms with Gasteiger partial charge >= 0.3 is 0 Å². The minimum absolute atomic E-state index is 0.737. The number of rotatable bonds is 4. The predicted octanol–water partition coefficient (Wildman–Crippen LogP) is 1.47. The van der Waals surface area contributed by atoms with Crippen molar-refractivity contribution in [2.75, 3.05) is 20.1 Å². The van der Waals surface area contributed by atoms with E-state index in [1.165, 1.54) is 32.4 Å². The summed E-state index contributed by atoms with van der Waals surface area (Å²) in [5, 5.41) is 3.37. The molecule has 2 heteroatoms. The average Bonchev–Trinajstić information content (AvgIpc) is 2.48. The SMILES string of the molecule is CCCN1CC(NC)CC1CC. The smallest absolute Gasteiger partial charge is 0.0207 e. The second-order valence-corrected chi connectivity index (χ2v) is 3.78. The lowest BCUT2D eigenvalue weighted by atomic mass is 10.1. The van der Waals surface area contributed by atoms with Crippen LogP contribution >= 0.6 is 0 Å². The van der Waals surface area contributed by atoms with Crippen LogP contribution in [-0.4, -0.2) is 37.1 Å². The fourth-order valence-electron chi connectivity index (χ4n) is 2.18. The van der Waals surface area contributed by atoms with Gasteiger partial charge in [-0.1, -0.05) is 13.8 Å². The van der Waals surface area contributed by atoms with E-state index in [1.807, 2.05) is 0 Å². The van der Waals surface area contributed by atoms with E-state index in [4.69, 9.17) is 0 Å². The molecule has 1 N–H and O–H groups in total. The maximum absolute atomic E-state index is 3.37. The van der Waals surface area contributed by atoms with Gasteiger partial charge in [-0.15, -0.1) is 0 Å². The number of nitrogens with zero attached hydrogens (tertiary/aromatic N) is 1. The Morgan fingerprint density at radius 2 is 2.17 bits per heavy atom. The number of likely N-dealkylation sites (N-methyl/N-ethyl adjacent to an activating group) is 1. The van der Waals surface area contributed by atoms with Crippen LogP contribution in [0.1, 0.15) is 33.1 Å². The Balaban J connectivity index is 2.39. The average molecular weight is 170 g/mol. The van der Waals surface area contributed by atoms with E-state index in [9.17, 15) is 0 Å². The molecule has 1 fully saturated rings. The molecule has 1 aliphatic heterocycles. The topological polar surface area (TPSA) is 15.3 Å². The summed E-state index contributed by atoms with van der Waals surface area (Å²) in [7, 11) is 2.08. The first-order valence-electron chi connectivity index (χ1n) is 5.23. The number of likely N-dealkylation sites (tertiary alicyclic amines) is 1. The summed E-state index contributed by atoms with van der Waals surface area (Å²) in [4.78, 5) is 2.63. The minimum Gasteiger partial charge on any atom is -0.316 e. The van der Waals surface area contributed by atoms with Gasteiger partial charge in [0.05, 0.1) is 0 Å². The molecule has 0 aliphatic carbocycles. The van der Waals surface area contributed by atoms with E-state index >= 15 is 0 Å². The fourth-order valence-corrected chi connectivity index (χ4v) is 2.18. The predicted molar refractivity (Wildman–Crippen MR) is 53.4 cm³/mol. The summed E-state index contributed by atoms with van der Waals surface area (Å²) in [6.45, 7) is 7.09. The van der Waals surface area contributed by atoms with E-state index in [0.29, 0.717) is 0 Å². The Labute approximate surface area is 76.3 Å². The van der Waals surface area contributed by atoms with Gasteiger partial charge in [0.25, 0.3) is 0 Å². The van der Waals surface area contributed by atoms with Crippen molar-refractivity contribution in [2.24, 2.45) is 0 Å². The van der Waals surface area contributed by atoms with Gasteiger partial charge < -0.3 is 5.32 Å². The van der Waals surface area contributed by atoms with Crippen molar-refractivity contribution in [3.63, 3.8) is 0 Å². The van der Waals surface area contributed by atoms with Crippen molar-refractivity contribution in [1.29, 1.82) is 0 Å². The standard InChI is InChI=1S/C10H22N2/c1-4-6-12-8-9(11-3)7-10(12)5-2/h9-11H,4-8H2,1-3H3. The fraction of sp³-hybridized carbons (Fsp3) is 1.00. The van der Waals surface area contributed by atoms with Gasteiger partial charge in [-0.2, -0.15) is 0 Å². The molecule has 0 aromatic carbocycles. The monoisotopic (exact) mass is 170 g/mol. The highest BCUT2D eigenvalue weighted by Gasteiger charge is 2.28. The first-order chi connectivity index (χ1) is 5.81. The molecule has 2 unspecified atom stereocenters. The minimum atomic E-state index is 0.737. The van der Waals surface area contributed by atoms with Crippen LogP contribution < -0.4 is 5.32 Å². The van der Waals surface area contributed by atoms with Crippen molar-refractivity contribution in [3.8, 4) is 0 Å². The maximum Gasteiger partial charge on any atom is 0.0207 e. The first kappa shape index (κ1) is 10.0. The highest BCUT2D eigenvalue weighted by molar-refractivity contribution is 4.87. The van der Waals surface area contributed by atoms with Gasteiger partial charge in [-0.25, -0.2) is 0 Å². The molecular formula is C10H22N2. The molecule has 0 aromatic rings. The van der Waals surface area contributed by atoms with Gasteiger partial charge in [0.1, 0.15) is 0 Å². The molecular weight excluding hydrogens is 148 g/mol. The number of nitrogens with one attached hydrogen (secondary N) is 1. The lowest BCUT2D eigenvalue weighted by Gasteiger charge is -2.21. The summed E-state index contributed by atoms with van der Waals surface area (Å²) in [5.74, 6) is 0. The molecule has 0 amide bonds. The van der Waals surface area contributed by atoms with Crippen LogP contribution in [0.3, 0.4) is 0 Å². The van der Waals surface area contributed by atoms with Crippen LogP contribution in [-0.2, 0) is 0 Å². The maximum atomic E-state index is 3.37. The van der Waals surface area contributed by atoms with Crippen LogP contribution in [0.25, 0.3) is 0 Å². The van der Waals surface area contributed by atoms with Gasteiger partial charge in [0.2, 0.25) is 0 Å². The Hall–Kier alpha value is -0.0800. The quantitative estimate of drug-likeness (QED) is 0.687. The Morgan fingerprint density at radius 3 is 2.67 bits per heavy atom. The molecule has 0 saturated carbocycles. The van der Waals surface area contributed by atoms with Gasteiger partial charge in [0, 0.05) is 18.6 Å². The highest BCUT2D eigenvalue weighted by Crippen LogP contribution is 2.19. The molecule has 72 valence electrons. The Morgan fingerprint density at radius 1 is 1.42 bits per heavy atom. The zero-order valence-electron chi connectivity index (χ0n) is 8.64. The molecule has 1 aliphatic rings. The molecule has 2 nitrogen and oxygen atoms in total. The summed E-state index contributed by atoms with van der Waals surface area (Å²) in [6.07, 6.45) is 3.93. The van der Waals surface area contributed by atoms with Crippen LogP contribution in [0, 0.1) is 0 Å². The molecule has 0 aromatic heterocycles. The van der Waals surface area contributed by atoms with E-state index in [2.05, 4.69) is 31.1 Å². The normalized spacial score (nSPS) is 31.2. The van der Waals surface area contributed by atoms with Crippen molar-refractivity contribution in [2.45, 2.75) is 45.2 Å². The molecule has 0 spiro atoms. The van der Waals surface area contributed by atoms with Gasteiger partial charge in [-0.05, 0) is 32.9 Å².